The molecule has 0 aliphatic heterocycles. The molecule has 0 bridgehead atoms. The van der Waals surface area contributed by atoms with Crippen molar-refractivity contribution in [1.82, 2.24) is 15.3 Å². The Kier molecular flexibility index (Phi) is 8.38. The number of hydrogen-bond donors (Lipinski definition) is 2. The van der Waals surface area contributed by atoms with Crippen molar-refractivity contribution in [3.63, 3.8) is 0 Å². The lowest BCUT2D eigenvalue weighted by atomic mass is 10.1. The lowest BCUT2D eigenvalue weighted by Crippen LogP contribution is -2.44. The summed E-state index contributed by atoms with van der Waals surface area (Å²) in [5.74, 6) is -0.0220. The van der Waals surface area contributed by atoms with Gasteiger partial charge >= 0.3 is 6.01 Å². The molecule has 0 saturated heterocycles. The molecule has 0 aliphatic rings. The number of nitrogens with zero attached hydrogens (tertiary/aromatic N) is 2. The van der Waals surface area contributed by atoms with Crippen molar-refractivity contribution in [2.24, 2.45) is 0 Å². The average molecular weight is 499 g/mol. The van der Waals surface area contributed by atoms with Gasteiger partial charge in [-0.05, 0) is 30.2 Å². The minimum Gasteiger partial charge on any atom is -0.456 e. The molecular weight excluding hydrogens is 472 g/mol. The van der Waals surface area contributed by atoms with E-state index in [1.807, 2.05) is 37.3 Å². The molecule has 0 saturated carbocycles. The molecule has 2 heterocycles. The third-order valence-electron chi connectivity index (χ3n) is 5.34. The number of aromatic nitrogens is 2. The first-order chi connectivity index (χ1) is 18.0. The third kappa shape index (κ3) is 7.11. The number of amides is 2. The van der Waals surface area contributed by atoms with Crippen molar-refractivity contribution in [3.05, 3.63) is 102 Å². The molecule has 2 N–H and O–H groups in total. The number of para-hydroxylation sites is 1. The molecule has 4 rings (SSSR count). The topological polar surface area (TPSA) is 123 Å². The molecule has 188 valence electrons. The summed E-state index contributed by atoms with van der Waals surface area (Å²) < 4.78 is 11.2. The molecule has 1 atom stereocenters. The summed E-state index contributed by atoms with van der Waals surface area (Å²) in [5.41, 5.74) is 1.08. The molecule has 2 aromatic heterocycles. The van der Waals surface area contributed by atoms with Crippen LogP contribution in [-0.2, 0) is 16.0 Å². The van der Waals surface area contributed by atoms with Crippen LogP contribution in [-0.4, -0.2) is 33.6 Å². The van der Waals surface area contributed by atoms with E-state index >= 15 is 0 Å². The summed E-state index contributed by atoms with van der Waals surface area (Å²) in [4.78, 5) is 46.2. The van der Waals surface area contributed by atoms with E-state index in [4.69, 9.17) is 9.15 Å². The zero-order valence-electron chi connectivity index (χ0n) is 20.2. The molecule has 0 radical (unpaired) electrons. The molecule has 1 unspecified atom stereocenters. The molecule has 37 heavy (non-hydrogen) atoms. The van der Waals surface area contributed by atoms with Crippen LogP contribution in [0.25, 0.3) is 0 Å². The predicted octanol–water partition coefficient (Wildman–Crippen LogP) is 4.56. The van der Waals surface area contributed by atoms with Crippen molar-refractivity contribution in [2.45, 2.75) is 32.2 Å². The van der Waals surface area contributed by atoms with Gasteiger partial charge in [0, 0.05) is 11.8 Å². The molecule has 0 aliphatic carbocycles. The zero-order valence-corrected chi connectivity index (χ0v) is 20.2. The Morgan fingerprint density at radius 1 is 0.946 bits per heavy atom. The van der Waals surface area contributed by atoms with Crippen molar-refractivity contribution in [1.29, 1.82) is 0 Å². The largest absolute Gasteiger partial charge is 0.456 e. The normalized spacial score (nSPS) is 11.4. The average Bonchev–Trinajstić information content (AvgIpc) is 3.37. The number of rotatable bonds is 11. The first kappa shape index (κ1) is 25.3. The van der Waals surface area contributed by atoms with Gasteiger partial charge in [0.05, 0.1) is 18.8 Å². The van der Waals surface area contributed by atoms with E-state index < -0.39 is 11.9 Å². The van der Waals surface area contributed by atoms with Gasteiger partial charge in [0.25, 0.3) is 5.91 Å². The first-order valence-corrected chi connectivity index (χ1v) is 11.8. The minimum atomic E-state index is -0.811. The maximum atomic E-state index is 12.9. The van der Waals surface area contributed by atoms with Gasteiger partial charge in [-0.2, -0.15) is 0 Å². The zero-order chi connectivity index (χ0) is 26.0. The number of hydrogen-bond acceptors (Lipinski definition) is 7. The van der Waals surface area contributed by atoms with Crippen LogP contribution in [0.3, 0.4) is 0 Å². The fraction of sp³-hybridized carbons (Fsp3) is 0.179. The van der Waals surface area contributed by atoms with E-state index in [9.17, 15) is 14.4 Å². The van der Waals surface area contributed by atoms with Crippen molar-refractivity contribution in [2.75, 3.05) is 5.32 Å². The number of pyridine rings is 1. The number of ketones is 1. The fourth-order valence-electron chi connectivity index (χ4n) is 3.59. The number of carbonyl (C=O) groups excluding carboxylic acids is 3. The van der Waals surface area contributed by atoms with E-state index in [1.54, 1.807) is 48.8 Å². The Bertz CT molecular complexity index is 1360. The molecular formula is C28H26N4O5. The standard InChI is InChI=1S/C28H26N4O5/c1-2-9-23(27(35)32-28-30-18-24(37-28)26(34)20-10-5-3-6-11-20)31-25(33)15-19-14-22(17-29-16-19)36-21-12-7-4-8-13-21/h3-8,10-14,16-18,23H,2,9,15H2,1H3,(H,31,33)(H,30,32,35). The number of nitrogens with one attached hydrogen (secondary N) is 2. The highest BCUT2D eigenvalue weighted by molar-refractivity contribution is 6.07. The quantitative estimate of drug-likeness (QED) is 0.291. The fourth-order valence-corrected chi connectivity index (χ4v) is 3.59. The molecule has 0 spiro atoms. The minimum absolute atomic E-state index is 0.00248. The van der Waals surface area contributed by atoms with Crippen molar-refractivity contribution in [3.8, 4) is 11.5 Å². The van der Waals surface area contributed by atoms with E-state index in [0.717, 1.165) is 0 Å². The van der Waals surface area contributed by atoms with E-state index in [-0.39, 0.29) is 29.9 Å². The monoisotopic (exact) mass is 498 g/mol. The first-order valence-electron chi connectivity index (χ1n) is 11.8. The second-order valence-electron chi connectivity index (χ2n) is 8.24. The highest BCUT2D eigenvalue weighted by Gasteiger charge is 2.23. The van der Waals surface area contributed by atoms with Gasteiger partial charge in [0.1, 0.15) is 17.5 Å². The summed E-state index contributed by atoms with van der Waals surface area (Å²) in [7, 11) is 0. The maximum Gasteiger partial charge on any atom is 0.302 e. The molecule has 9 heteroatoms. The summed E-state index contributed by atoms with van der Waals surface area (Å²) in [6.07, 6.45) is 5.48. The van der Waals surface area contributed by atoms with E-state index in [2.05, 4.69) is 20.6 Å². The van der Waals surface area contributed by atoms with Crippen LogP contribution in [0.4, 0.5) is 6.01 Å². The molecule has 4 aromatic rings. The lowest BCUT2D eigenvalue weighted by Gasteiger charge is -2.17. The third-order valence-corrected chi connectivity index (χ3v) is 5.34. The number of benzene rings is 2. The smallest absolute Gasteiger partial charge is 0.302 e. The second kappa shape index (κ2) is 12.3. The summed E-state index contributed by atoms with van der Waals surface area (Å²) >= 11 is 0. The lowest BCUT2D eigenvalue weighted by molar-refractivity contribution is -0.126. The Morgan fingerprint density at radius 2 is 1.68 bits per heavy atom. The predicted molar refractivity (Wildman–Crippen MR) is 136 cm³/mol. The van der Waals surface area contributed by atoms with Crippen LogP contribution in [0.5, 0.6) is 11.5 Å². The van der Waals surface area contributed by atoms with Crippen LogP contribution in [0.15, 0.2) is 89.7 Å². The summed E-state index contributed by atoms with van der Waals surface area (Å²) in [6.45, 7) is 1.91. The van der Waals surface area contributed by atoms with Gasteiger partial charge in [0.2, 0.25) is 11.7 Å². The van der Waals surface area contributed by atoms with Gasteiger partial charge in [-0.25, -0.2) is 4.98 Å². The van der Waals surface area contributed by atoms with Gasteiger partial charge < -0.3 is 14.5 Å². The number of anilines is 1. The molecule has 2 amide bonds. The van der Waals surface area contributed by atoms with E-state index in [0.29, 0.717) is 35.5 Å². The van der Waals surface area contributed by atoms with Crippen LogP contribution in [0.1, 0.15) is 41.4 Å². The summed E-state index contributed by atoms with van der Waals surface area (Å²) in [5, 5.41) is 5.30. The highest BCUT2D eigenvalue weighted by atomic mass is 16.5. The SMILES string of the molecule is CCCC(NC(=O)Cc1cncc(Oc2ccccc2)c1)C(=O)Nc1ncc(C(=O)c2ccccc2)o1. The number of carbonyl (C=O) groups is 3. The van der Waals surface area contributed by atoms with E-state index in [1.165, 1.54) is 6.20 Å². The summed E-state index contributed by atoms with van der Waals surface area (Å²) in [6, 6.07) is 18.7. The number of ether oxygens (including phenoxy) is 1. The molecule has 0 fully saturated rings. The van der Waals surface area contributed by atoms with Crippen molar-refractivity contribution < 1.29 is 23.5 Å². The molecule has 2 aromatic carbocycles. The second-order valence-corrected chi connectivity index (χ2v) is 8.24. The Labute approximate surface area is 213 Å². The van der Waals surface area contributed by atoms with Gasteiger partial charge in [0.15, 0.2) is 5.76 Å². The van der Waals surface area contributed by atoms with Crippen molar-refractivity contribution >= 4 is 23.6 Å². The van der Waals surface area contributed by atoms with Gasteiger partial charge in [-0.1, -0.05) is 61.9 Å². The van der Waals surface area contributed by atoms with Crippen LogP contribution >= 0.6 is 0 Å². The Hall–Kier alpha value is -4.79. The molecule has 9 nitrogen and oxygen atoms in total. The van der Waals surface area contributed by atoms with Gasteiger partial charge in [-0.3, -0.25) is 24.7 Å². The highest BCUT2D eigenvalue weighted by Crippen LogP contribution is 2.21. The van der Waals surface area contributed by atoms with Crippen LogP contribution < -0.4 is 15.4 Å². The Morgan fingerprint density at radius 3 is 2.41 bits per heavy atom. The maximum absolute atomic E-state index is 12.9. The number of oxazole rings is 1. The van der Waals surface area contributed by atoms with Gasteiger partial charge in [-0.15, -0.1) is 0 Å². The Balaban J connectivity index is 1.35. The van der Waals surface area contributed by atoms with Crippen LogP contribution in [0.2, 0.25) is 0 Å². The van der Waals surface area contributed by atoms with Crippen LogP contribution in [0, 0.1) is 0 Å².